The molecule has 2 aromatic carbocycles. The Bertz CT molecular complexity index is 755. The van der Waals surface area contributed by atoms with Crippen LogP contribution in [0.1, 0.15) is 75.8 Å². The molecule has 0 bridgehead atoms. The highest BCUT2D eigenvalue weighted by Crippen LogP contribution is 2.40. The van der Waals surface area contributed by atoms with E-state index in [1.54, 1.807) is 7.11 Å². The lowest BCUT2D eigenvalue weighted by Crippen LogP contribution is -1.99. The van der Waals surface area contributed by atoms with Gasteiger partial charge in [0.15, 0.2) is 11.5 Å². The number of ether oxygens (including phenoxy) is 2. The first-order chi connectivity index (χ1) is 14.7. The highest BCUT2D eigenvalue weighted by atomic mass is 16.5. The van der Waals surface area contributed by atoms with E-state index >= 15 is 0 Å². The number of aryl methyl sites for hydroxylation is 1. The number of phenols is 1. The fraction of sp³-hybridized carbons (Fsp3) is 0.500. The van der Waals surface area contributed by atoms with E-state index in [1.165, 1.54) is 19.3 Å². The number of hydrogen-bond acceptors (Lipinski definition) is 4. The molecule has 4 heteroatoms. The largest absolute Gasteiger partial charge is 0.504 e. The summed E-state index contributed by atoms with van der Waals surface area (Å²) in [5.41, 5.74) is 1.97. The van der Waals surface area contributed by atoms with Gasteiger partial charge in [-0.25, -0.2) is 0 Å². The van der Waals surface area contributed by atoms with Crippen LogP contribution in [0.4, 0.5) is 0 Å². The minimum Gasteiger partial charge on any atom is -0.504 e. The average Bonchev–Trinajstić information content (AvgIpc) is 2.78. The molecule has 0 fully saturated rings. The number of aromatic hydroxyl groups is 1. The van der Waals surface area contributed by atoms with Crippen molar-refractivity contribution in [3.05, 3.63) is 53.6 Å². The van der Waals surface area contributed by atoms with Gasteiger partial charge in [0.25, 0.3) is 0 Å². The molecule has 0 saturated heterocycles. The number of hydrogen-bond donors (Lipinski definition) is 1. The molecule has 0 aromatic heterocycles. The zero-order chi connectivity index (χ0) is 21.6. The van der Waals surface area contributed by atoms with Gasteiger partial charge in [-0.05, 0) is 36.5 Å². The third kappa shape index (κ3) is 8.10. The first kappa shape index (κ1) is 23.8. The summed E-state index contributed by atoms with van der Waals surface area (Å²) >= 11 is 0. The van der Waals surface area contributed by atoms with Crippen molar-refractivity contribution >= 4 is 5.78 Å². The van der Waals surface area contributed by atoms with Crippen LogP contribution in [-0.2, 0) is 17.8 Å². The second kappa shape index (κ2) is 13.7. The minimum absolute atomic E-state index is 0.184. The second-order valence-corrected chi connectivity index (χ2v) is 7.75. The molecule has 0 spiro atoms. The van der Waals surface area contributed by atoms with Gasteiger partial charge in [-0.1, -0.05) is 75.4 Å². The summed E-state index contributed by atoms with van der Waals surface area (Å²) in [6, 6.07) is 13.8. The van der Waals surface area contributed by atoms with Crippen LogP contribution in [0.5, 0.6) is 17.2 Å². The monoisotopic (exact) mass is 412 g/mol. The van der Waals surface area contributed by atoms with Crippen LogP contribution in [0.2, 0.25) is 0 Å². The Morgan fingerprint density at radius 1 is 0.900 bits per heavy atom. The van der Waals surface area contributed by atoms with E-state index in [0.29, 0.717) is 30.3 Å². The molecule has 0 atom stereocenters. The molecule has 0 amide bonds. The maximum atomic E-state index is 11.3. The molecule has 2 rings (SSSR count). The van der Waals surface area contributed by atoms with E-state index in [4.69, 9.17) is 9.47 Å². The van der Waals surface area contributed by atoms with Gasteiger partial charge in [-0.15, -0.1) is 0 Å². The maximum Gasteiger partial charge on any atom is 0.203 e. The molecule has 4 nitrogen and oxygen atoms in total. The molecular formula is C26H36O4. The Balaban J connectivity index is 1.71. The highest BCUT2D eigenvalue weighted by Gasteiger charge is 2.14. The number of methoxy groups -OCH3 is 1. The molecule has 30 heavy (non-hydrogen) atoms. The fourth-order valence-corrected chi connectivity index (χ4v) is 3.54. The standard InChI is InChI=1S/C26H36O4/c1-3-23(27)17-13-8-6-4-5-7-12-16-22-18-19-24(26(29-2)25(22)28)30-20-21-14-10-9-11-15-21/h9-11,14-15,18-19,28H,3-8,12-13,16-17,20H2,1-2H3. The van der Waals surface area contributed by atoms with E-state index < -0.39 is 0 Å². The van der Waals surface area contributed by atoms with Gasteiger partial charge < -0.3 is 14.6 Å². The molecule has 164 valence electrons. The van der Waals surface area contributed by atoms with Crippen LogP contribution in [0.3, 0.4) is 0 Å². The molecule has 0 aliphatic rings. The summed E-state index contributed by atoms with van der Waals surface area (Å²) in [4.78, 5) is 11.3. The Labute approximate surface area is 181 Å². The predicted octanol–water partition coefficient (Wildman–Crippen LogP) is 6.62. The number of carbonyl (C=O) groups is 1. The number of rotatable bonds is 15. The third-order valence-corrected chi connectivity index (χ3v) is 5.42. The first-order valence-electron chi connectivity index (χ1n) is 11.2. The van der Waals surface area contributed by atoms with E-state index in [-0.39, 0.29) is 5.75 Å². The molecule has 0 saturated carbocycles. The van der Waals surface area contributed by atoms with Crippen molar-refractivity contribution < 1.29 is 19.4 Å². The predicted molar refractivity (Wildman–Crippen MR) is 121 cm³/mol. The molecule has 0 aliphatic carbocycles. The van der Waals surface area contributed by atoms with Crippen molar-refractivity contribution in [1.82, 2.24) is 0 Å². The van der Waals surface area contributed by atoms with Crippen LogP contribution in [0.25, 0.3) is 0 Å². The molecule has 0 heterocycles. The highest BCUT2D eigenvalue weighted by molar-refractivity contribution is 5.77. The molecule has 0 unspecified atom stereocenters. The molecule has 0 radical (unpaired) electrons. The van der Waals surface area contributed by atoms with E-state index in [1.807, 2.05) is 49.4 Å². The van der Waals surface area contributed by atoms with Crippen molar-refractivity contribution in [1.29, 1.82) is 0 Å². The summed E-state index contributed by atoms with van der Waals surface area (Å²) < 4.78 is 11.3. The molecule has 0 aliphatic heterocycles. The van der Waals surface area contributed by atoms with E-state index in [2.05, 4.69) is 0 Å². The third-order valence-electron chi connectivity index (χ3n) is 5.42. The van der Waals surface area contributed by atoms with Crippen molar-refractivity contribution in [3.63, 3.8) is 0 Å². The van der Waals surface area contributed by atoms with Gasteiger partial charge in [0, 0.05) is 12.8 Å². The molecule has 1 N–H and O–H groups in total. The number of unbranched alkanes of at least 4 members (excludes halogenated alkanes) is 6. The van der Waals surface area contributed by atoms with Gasteiger partial charge in [0.05, 0.1) is 7.11 Å². The number of benzene rings is 2. The van der Waals surface area contributed by atoms with Crippen molar-refractivity contribution in [3.8, 4) is 17.2 Å². The quantitative estimate of drug-likeness (QED) is 0.334. The first-order valence-corrected chi connectivity index (χ1v) is 11.2. The number of Topliss-reactive ketones (excluding diaryl/α,β-unsaturated/α-hetero) is 1. The lowest BCUT2D eigenvalue weighted by molar-refractivity contribution is -0.118. The summed E-state index contributed by atoms with van der Waals surface area (Å²) in [5, 5.41) is 10.6. The summed E-state index contributed by atoms with van der Waals surface area (Å²) in [5.74, 6) is 1.53. The Hall–Kier alpha value is -2.49. The topological polar surface area (TPSA) is 55.8 Å². The SMILES string of the molecule is CCC(=O)CCCCCCCCCc1ccc(OCc2ccccc2)c(OC)c1O. The Morgan fingerprint density at radius 2 is 1.57 bits per heavy atom. The van der Waals surface area contributed by atoms with Crippen molar-refractivity contribution in [2.24, 2.45) is 0 Å². The lowest BCUT2D eigenvalue weighted by atomic mass is 10.0. The van der Waals surface area contributed by atoms with Crippen LogP contribution < -0.4 is 9.47 Å². The van der Waals surface area contributed by atoms with Gasteiger partial charge in [0.2, 0.25) is 5.75 Å². The van der Waals surface area contributed by atoms with Crippen LogP contribution in [0.15, 0.2) is 42.5 Å². The minimum atomic E-state index is 0.184. The molecule has 2 aromatic rings. The van der Waals surface area contributed by atoms with Crippen LogP contribution in [-0.4, -0.2) is 18.0 Å². The number of phenolic OH excluding ortho intramolecular Hbond substituents is 1. The van der Waals surface area contributed by atoms with E-state index in [9.17, 15) is 9.90 Å². The van der Waals surface area contributed by atoms with Crippen molar-refractivity contribution in [2.75, 3.05) is 7.11 Å². The van der Waals surface area contributed by atoms with Gasteiger partial charge in [-0.2, -0.15) is 0 Å². The average molecular weight is 413 g/mol. The zero-order valence-electron chi connectivity index (χ0n) is 18.5. The summed E-state index contributed by atoms with van der Waals surface area (Å²) in [7, 11) is 1.56. The number of ketones is 1. The van der Waals surface area contributed by atoms with Gasteiger partial charge >= 0.3 is 0 Å². The van der Waals surface area contributed by atoms with E-state index in [0.717, 1.165) is 49.7 Å². The Kier molecular flexibility index (Phi) is 10.8. The van der Waals surface area contributed by atoms with Crippen LogP contribution in [0, 0.1) is 0 Å². The molecular weight excluding hydrogens is 376 g/mol. The van der Waals surface area contributed by atoms with Gasteiger partial charge in [0.1, 0.15) is 12.4 Å². The Morgan fingerprint density at radius 3 is 2.23 bits per heavy atom. The van der Waals surface area contributed by atoms with Gasteiger partial charge in [-0.3, -0.25) is 4.79 Å². The smallest absolute Gasteiger partial charge is 0.203 e. The van der Waals surface area contributed by atoms with Crippen LogP contribution >= 0.6 is 0 Å². The summed E-state index contributed by atoms with van der Waals surface area (Å²) in [6.45, 7) is 2.36. The zero-order valence-corrected chi connectivity index (χ0v) is 18.5. The number of carbonyl (C=O) groups excluding carboxylic acids is 1. The van der Waals surface area contributed by atoms with Crippen molar-refractivity contribution in [2.45, 2.75) is 77.7 Å². The second-order valence-electron chi connectivity index (χ2n) is 7.75. The summed E-state index contributed by atoms with van der Waals surface area (Å²) in [6.07, 6.45) is 10.2. The fourth-order valence-electron chi connectivity index (χ4n) is 3.54. The lowest BCUT2D eigenvalue weighted by Gasteiger charge is -2.15. The maximum absolute atomic E-state index is 11.3. The normalized spacial score (nSPS) is 10.7.